The van der Waals surface area contributed by atoms with Crippen molar-refractivity contribution in [3.63, 3.8) is 0 Å². The van der Waals surface area contributed by atoms with Gasteiger partial charge in [-0.3, -0.25) is 9.78 Å². The van der Waals surface area contributed by atoms with Gasteiger partial charge in [-0.25, -0.2) is 0 Å². The van der Waals surface area contributed by atoms with E-state index in [9.17, 15) is 9.90 Å². The van der Waals surface area contributed by atoms with Crippen LogP contribution in [0.15, 0.2) is 18.5 Å². The third kappa shape index (κ3) is 3.67. The van der Waals surface area contributed by atoms with Crippen LogP contribution in [0.25, 0.3) is 0 Å². The predicted octanol–water partition coefficient (Wildman–Crippen LogP) is 2.41. The minimum atomic E-state index is -0.183. The number of aliphatic hydroxyl groups excluding tert-OH is 1. The summed E-state index contributed by atoms with van der Waals surface area (Å²) in [6.07, 6.45) is 8.27. The highest BCUT2D eigenvalue weighted by Gasteiger charge is 2.25. The Morgan fingerprint density at radius 3 is 2.95 bits per heavy atom. The Hall–Kier alpha value is -1.13. The molecule has 1 aliphatic rings. The number of halogens is 1. The third-order valence-electron chi connectivity index (χ3n) is 3.73. The summed E-state index contributed by atoms with van der Waals surface area (Å²) in [4.78, 5) is 16.1. The molecule has 0 bridgehead atoms. The van der Waals surface area contributed by atoms with Gasteiger partial charge in [-0.2, -0.15) is 0 Å². The van der Waals surface area contributed by atoms with Crippen molar-refractivity contribution < 1.29 is 9.90 Å². The molecule has 1 fully saturated rings. The van der Waals surface area contributed by atoms with E-state index in [0.717, 1.165) is 25.7 Å². The van der Waals surface area contributed by atoms with Crippen LogP contribution in [0.1, 0.15) is 42.5 Å². The Morgan fingerprint density at radius 2 is 2.21 bits per heavy atom. The number of hydrogen-bond donors (Lipinski definition) is 2. The fraction of sp³-hybridized carbons (Fsp3) is 0.571. The van der Waals surface area contributed by atoms with Crippen molar-refractivity contribution in [2.24, 2.45) is 5.92 Å². The SMILES string of the molecule is O=C(N[C@@H]1CCCCC[C@H]1CO)c1ccncc1Cl. The van der Waals surface area contributed by atoms with E-state index in [1.54, 1.807) is 12.3 Å². The fourth-order valence-corrected chi connectivity index (χ4v) is 2.80. The van der Waals surface area contributed by atoms with E-state index in [0.29, 0.717) is 10.6 Å². The van der Waals surface area contributed by atoms with Crippen molar-refractivity contribution in [3.8, 4) is 0 Å². The van der Waals surface area contributed by atoms with E-state index in [4.69, 9.17) is 11.6 Å². The Labute approximate surface area is 118 Å². The summed E-state index contributed by atoms with van der Waals surface area (Å²) in [7, 11) is 0. The summed E-state index contributed by atoms with van der Waals surface area (Å²) >= 11 is 5.97. The molecule has 1 amide bonds. The Morgan fingerprint density at radius 1 is 1.42 bits per heavy atom. The number of amides is 1. The highest BCUT2D eigenvalue weighted by atomic mass is 35.5. The van der Waals surface area contributed by atoms with Crippen molar-refractivity contribution in [2.75, 3.05) is 6.61 Å². The molecule has 1 heterocycles. The minimum Gasteiger partial charge on any atom is -0.396 e. The lowest BCUT2D eigenvalue weighted by Gasteiger charge is -2.24. The Kier molecular flexibility index (Phi) is 5.16. The summed E-state index contributed by atoms with van der Waals surface area (Å²) in [6.45, 7) is 0.120. The summed E-state index contributed by atoms with van der Waals surface area (Å²) < 4.78 is 0. The Balaban J connectivity index is 2.06. The molecule has 4 nitrogen and oxygen atoms in total. The summed E-state index contributed by atoms with van der Waals surface area (Å²) in [5.74, 6) is -0.0372. The first kappa shape index (κ1) is 14.3. The highest BCUT2D eigenvalue weighted by Crippen LogP contribution is 2.24. The molecule has 1 saturated carbocycles. The van der Waals surface area contributed by atoms with Crippen molar-refractivity contribution in [3.05, 3.63) is 29.0 Å². The summed E-state index contributed by atoms with van der Waals surface area (Å²) in [5, 5.41) is 12.8. The number of aromatic nitrogens is 1. The number of nitrogens with one attached hydrogen (secondary N) is 1. The van der Waals surface area contributed by atoms with Crippen LogP contribution in [0.3, 0.4) is 0 Å². The molecule has 0 aliphatic heterocycles. The average Bonchev–Trinajstić information content (AvgIpc) is 2.64. The first-order chi connectivity index (χ1) is 9.22. The number of pyridine rings is 1. The number of rotatable bonds is 3. The van der Waals surface area contributed by atoms with Gasteiger partial charge in [0.2, 0.25) is 0 Å². The van der Waals surface area contributed by atoms with Gasteiger partial charge >= 0.3 is 0 Å². The van der Waals surface area contributed by atoms with E-state index in [1.165, 1.54) is 12.6 Å². The van der Waals surface area contributed by atoms with Gasteiger partial charge in [-0.15, -0.1) is 0 Å². The molecule has 2 N–H and O–H groups in total. The number of carbonyl (C=O) groups is 1. The quantitative estimate of drug-likeness (QED) is 0.837. The molecule has 2 rings (SSSR count). The van der Waals surface area contributed by atoms with E-state index in [-0.39, 0.29) is 24.5 Å². The fourth-order valence-electron chi connectivity index (χ4n) is 2.60. The van der Waals surface area contributed by atoms with Crippen LogP contribution < -0.4 is 5.32 Å². The van der Waals surface area contributed by atoms with Gasteiger partial charge in [0.05, 0.1) is 10.6 Å². The standard InChI is InChI=1S/C14H19ClN2O2/c15-12-8-16-7-6-11(12)14(19)17-13-5-3-1-2-4-10(13)9-18/h6-8,10,13,18H,1-5,9H2,(H,17,19)/t10-,13+/m0/s1. The molecular formula is C14H19ClN2O2. The average molecular weight is 283 g/mol. The maximum Gasteiger partial charge on any atom is 0.253 e. The molecule has 1 aromatic heterocycles. The van der Waals surface area contributed by atoms with E-state index < -0.39 is 0 Å². The van der Waals surface area contributed by atoms with Crippen LogP contribution in [-0.2, 0) is 0 Å². The maximum absolute atomic E-state index is 12.2. The zero-order chi connectivity index (χ0) is 13.7. The number of hydrogen-bond acceptors (Lipinski definition) is 3. The van der Waals surface area contributed by atoms with E-state index in [1.807, 2.05) is 0 Å². The number of aliphatic hydroxyl groups is 1. The van der Waals surface area contributed by atoms with Crippen LogP contribution in [-0.4, -0.2) is 28.6 Å². The molecule has 19 heavy (non-hydrogen) atoms. The highest BCUT2D eigenvalue weighted by molar-refractivity contribution is 6.33. The van der Waals surface area contributed by atoms with Crippen LogP contribution in [0.2, 0.25) is 5.02 Å². The van der Waals surface area contributed by atoms with Crippen LogP contribution in [0, 0.1) is 5.92 Å². The normalized spacial score (nSPS) is 23.7. The van der Waals surface area contributed by atoms with Gasteiger partial charge < -0.3 is 10.4 Å². The molecule has 0 saturated heterocycles. The van der Waals surface area contributed by atoms with Gasteiger partial charge in [0, 0.05) is 31.0 Å². The molecule has 0 unspecified atom stereocenters. The van der Waals surface area contributed by atoms with E-state index >= 15 is 0 Å². The molecule has 1 aliphatic carbocycles. The van der Waals surface area contributed by atoms with Crippen LogP contribution >= 0.6 is 11.6 Å². The van der Waals surface area contributed by atoms with Crippen LogP contribution in [0.4, 0.5) is 0 Å². The second kappa shape index (κ2) is 6.87. The molecule has 2 atom stereocenters. The second-order valence-electron chi connectivity index (χ2n) is 5.02. The monoisotopic (exact) mass is 282 g/mol. The van der Waals surface area contributed by atoms with Gasteiger partial charge in [-0.05, 0) is 18.9 Å². The summed E-state index contributed by atoms with van der Waals surface area (Å²) in [6, 6.07) is 1.65. The predicted molar refractivity (Wildman–Crippen MR) is 74.2 cm³/mol. The molecule has 0 aromatic carbocycles. The zero-order valence-corrected chi connectivity index (χ0v) is 11.6. The van der Waals surface area contributed by atoms with Gasteiger partial charge in [0.1, 0.15) is 0 Å². The topological polar surface area (TPSA) is 62.2 Å². The Bertz CT molecular complexity index is 439. The second-order valence-corrected chi connectivity index (χ2v) is 5.42. The van der Waals surface area contributed by atoms with Gasteiger partial charge in [0.25, 0.3) is 5.91 Å². The van der Waals surface area contributed by atoms with Crippen molar-refractivity contribution >= 4 is 17.5 Å². The zero-order valence-electron chi connectivity index (χ0n) is 10.8. The molecule has 104 valence electrons. The van der Waals surface area contributed by atoms with Crippen molar-refractivity contribution in [1.82, 2.24) is 10.3 Å². The van der Waals surface area contributed by atoms with Crippen LogP contribution in [0.5, 0.6) is 0 Å². The largest absolute Gasteiger partial charge is 0.396 e. The van der Waals surface area contributed by atoms with Gasteiger partial charge in [-0.1, -0.05) is 30.9 Å². The summed E-state index contributed by atoms with van der Waals surface area (Å²) in [5.41, 5.74) is 0.442. The lowest BCUT2D eigenvalue weighted by atomic mass is 9.95. The molecule has 0 spiro atoms. The first-order valence-corrected chi connectivity index (χ1v) is 7.11. The molecule has 1 aromatic rings. The molecule has 0 radical (unpaired) electrons. The molecular weight excluding hydrogens is 264 g/mol. The minimum absolute atomic E-state index is 0.0317. The third-order valence-corrected chi connectivity index (χ3v) is 4.03. The lowest BCUT2D eigenvalue weighted by Crippen LogP contribution is -2.41. The van der Waals surface area contributed by atoms with Crippen molar-refractivity contribution in [2.45, 2.75) is 38.1 Å². The molecule has 5 heteroatoms. The van der Waals surface area contributed by atoms with E-state index in [2.05, 4.69) is 10.3 Å². The first-order valence-electron chi connectivity index (χ1n) is 6.73. The number of carbonyl (C=O) groups excluding carboxylic acids is 1. The maximum atomic E-state index is 12.2. The van der Waals surface area contributed by atoms with Crippen molar-refractivity contribution in [1.29, 1.82) is 0 Å². The smallest absolute Gasteiger partial charge is 0.253 e. The number of nitrogens with zero attached hydrogens (tertiary/aromatic N) is 1. The lowest BCUT2D eigenvalue weighted by molar-refractivity contribution is 0.0899. The van der Waals surface area contributed by atoms with Gasteiger partial charge in [0.15, 0.2) is 0 Å².